The Hall–Kier alpha value is -1.21. The summed E-state index contributed by atoms with van der Waals surface area (Å²) < 4.78 is 0.996. The molecular formula is C11H7ClIN3O. The van der Waals surface area contributed by atoms with Crippen LogP contribution in [0.1, 0.15) is 10.4 Å². The van der Waals surface area contributed by atoms with Crippen molar-refractivity contribution in [3.63, 3.8) is 0 Å². The Bertz CT molecular complexity index is 562. The summed E-state index contributed by atoms with van der Waals surface area (Å²) in [4.78, 5) is 19.5. The van der Waals surface area contributed by atoms with Gasteiger partial charge in [-0.3, -0.25) is 4.79 Å². The summed E-state index contributed by atoms with van der Waals surface area (Å²) in [5.74, 6) is 0.159. The van der Waals surface area contributed by atoms with E-state index in [-0.39, 0.29) is 11.1 Å². The van der Waals surface area contributed by atoms with Crippen LogP contribution >= 0.6 is 34.2 Å². The van der Waals surface area contributed by atoms with E-state index >= 15 is 0 Å². The smallest absolute Gasteiger partial charge is 0.256 e. The quantitative estimate of drug-likeness (QED) is 0.662. The number of aromatic nitrogens is 2. The van der Waals surface area contributed by atoms with Gasteiger partial charge in [-0.15, -0.1) is 0 Å². The molecule has 0 spiro atoms. The highest BCUT2D eigenvalue weighted by Crippen LogP contribution is 2.12. The topological polar surface area (TPSA) is 54.9 Å². The van der Waals surface area contributed by atoms with E-state index in [1.165, 1.54) is 12.4 Å². The Kier molecular flexibility index (Phi) is 3.90. The van der Waals surface area contributed by atoms with Gasteiger partial charge in [0.2, 0.25) is 0 Å². The Balaban J connectivity index is 2.17. The van der Waals surface area contributed by atoms with Crippen molar-refractivity contribution in [2.75, 3.05) is 5.32 Å². The highest BCUT2D eigenvalue weighted by Gasteiger charge is 2.07. The molecule has 0 bridgehead atoms. The van der Waals surface area contributed by atoms with Gasteiger partial charge in [0.25, 0.3) is 5.91 Å². The molecule has 1 aromatic carbocycles. The minimum Gasteiger partial charge on any atom is -0.306 e. The van der Waals surface area contributed by atoms with Gasteiger partial charge < -0.3 is 5.32 Å². The minimum atomic E-state index is -0.224. The molecule has 86 valence electrons. The number of carbonyl (C=O) groups excluding carboxylic acids is 1. The largest absolute Gasteiger partial charge is 0.306 e. The maximum Gasteiger partial charge on any atom is 0.256 e. The number of hydrogen-bond donors (Lipinski definition) is 1. The second kappa shape index (κ2) is 5.42. The van der Waals surface area contributed by atoms with E-state index in [2.05, 4.69) is 37.9 Å². The molecule has 2 aromatic rings. The third-order valence-electron chi connectivity index (χ3n) is 1.96. The fourth-order valence-corrected chi connectivity index (χ4v) is 1.91. The molecule has 0 aliphatic rings. The molecule has 0 fully saturated rings. The molecule has 2 rings (SSSR count). The Morgan fingerprint density at radius 3 is 2.82 bits per heavy atom. The van der Waals surface area contributed by atoms with Crippen LogP contribution in [0.5, 0.6) is 0 Å². The van der Waals surface area contributed by atoms with Crippen molar-refractivity contribution in [3.8, 4) is 0 Å². The molecule has 0 saturated carbocycles. The number of nitrogens with zero attached hydrogens (tertiary/aromatic N) is 2. The molecular weight excluding hydrogens is 352 g/mol. The van der Waals surface area contributed by atoms with Crippen molar-refractivity contribution in [3.05, 3.63) is 50.9 Å². The number of benzene rings is 1. The van der Waals surface area contributed by atoms with Crippen LogP contribution < -0.4 is 5.32 Å². The predicted octanol–water partition coefficient (Wildman–Crippen LogP) is 2.99. The fourth-order valence-electron chi connectivity index (χ4n) is 1.22. The monoisotopic (exact) mass is 359 g/mol. The number of rotatable bonds is 2. The van der Waals surface area contributed by atoms with Gasteiger partial charge in [0.1, 0.15) is 17.3 Å². The summed E-state index contributed by atoms with van der Waals surface area (Å²) in [7, 11) is 0. The Labute approximate surface area is 117 Å². The maximum absolute atomic E-state index is 11.9. The number of halogens is 2. The zero-order valence-electron chi connectivity index (χ0n) is 8.52. The molecule has 0 aliphatic heterocycles. The maximum atomic E-state index is 11.9. The number of carbonyl (C=O) groups is 1. The van der Waals surface area contributed by atoms with Gasteiger partial charge in [-0.1, -0.05) is 17.7 Å². The number of anilines is 1. The molecule has 0 radical (unpaired) electrons. The van der Waals surface area contributed by atoms with Gasteiger partial charge in [-0.25, -0.2) is 9.97 Å². The van der Waals surface area contributed by atoms with Crippen LogP contribution in [0.4, 0.5) is 5.82 Å². The van der Waals surface area contributed by atoms with Gasteiger partial charge in [0.15, 0.2) is 0 Å². The Morgan fingerprint density at radius 2 is 2.12 bits per heavy atom. The number of hydrogen-bond acceptors (Lipinski definition) is 3. The first-order valence-corrected chi connectivity index (χ1v) is 6.15. The van der Waals surface area contributed by atoms with Crippen LogP contribution in [0.3, 0.4) is 0 Å². The second-order valence-electron chi connectivity index (χ2n) is 3.19. The van der Waals surface area contributed by atoms with Gasteiger partial charge in [0, 0.05) is 15.2 Å². The van der Waals surface area contributed by atoms with Crippen molar-refractivity contribution in [2.24, 2.45) is 0 Å². The summed E-state index contributed by atoms with van der Waals surface area (Å²) in [5, 5.41) is 2.94. The fraction of sp³-hybridized carbons (Fsp3) is 0. The summed E-state index contributed by atoms with van der Waals surface area (Å²) in [5.41, 5.74) is 0.576. The van der Waals surface area contributed by atoms with Crippen LogP contribution in [0, 0.1) is 3.57 Å². The van der Waals surface area contributed by atoms with Crippen LogP contribution in [0.2, 0.25) is 5.15 Å². The molecule has 4 nitrogen and oxygen atoms in total. The molecule has 1 N–H and O–H groups in total. The van der Waals surface area contributed by atoms with Gasteiger partial charge in [0.05, 0.1) is 0 Å². The van der Waals surface area contributed by atoms with Crippen LogP contribution in [-0.4, -0.2) is 15.9 Å². The molecule has 0 saturated heterocycles. The SMILES string of the molecule is O=C(Nc1cc(Cl)ncn1)c1cccc(I)c1. The highest BCUT2D eigenvalue weighted by atomic mass is 127. The van der Waals surface area contributed by atoms with Crippen molar-refractivity contribution < 1.29 is 4.79 Å². The van der Waals surface area contributed by atoms with Crippen LogP contribution in [0.25, 0.3) is 0 Å². The average molecular weight is 360 g/mol. The van der Waals surface area contributed by atoms with Crippen molar-refractivity contribution in [1.82, 2.24) is 9.97 Å². The van der Waals surface area contributed by atoms with E-state index in [4.69, 9.17) is 11.6 Å². The summed E-state index contributed by atoms with van der Waals surface area (Å²) >= 11 is 7.84. The molecule has 1 aromatic heterocycles. The third-order valence-corrected chi connectivity index (χ3v) is 2.84. The lowest BCUT2D eigenvalue weighted by Crippen LogP contribution is -2.13. The van der Waals surface area contributed by atoms with E-state index < -0.39 is 0 Å². The van der Waals surface area contributed by atoms with Crippen molar-refractivity contribution in [2.45, 2.75) is 0 Å². The third kappa shape index (κ3) is 3.37. The lowest BCUT2D eigenvalue weighted by atomic mass is 10.2. The first-order valence-electron chi connectivity index (χ1n) is 4.69. The van der Waals surface area contributed by atoms with E-state index in [1.54, 1.807) is 12.1 Å². The second-order valence-corrected chi connectivity index (χ2v) is 4.82. The lowest BCUT2D eigenvalue weighted by molar-refractivity contribution is 0.102. The van der Waals surface area contributed by atoms with E-state index in [0.29, 0.717) is 11.4 Å². The summed E-state index contributed by atoms with van der Waals surface area (Å²) in [6.45, 7) is 0. The van der Waals surface area contributed by atoms with Crippen molar-refractivity contribution in [1.29, 1.82) is 0 Å². The lowest BCUT2D eigenvalue weighted by Gasteiger charge is -2.04. The normalized spacial score (nSPS) is 10.0. The van der Waals surface area contributed by atoms with E-state index in [0.717, 1.165) is 3.57 Å². The highest BCUT2D eigenvalue weighted by molar-refractivity contribution is 14.1. The molecule has 1 amide bonds. The van der Waals surface area contributed by atoms with E-state index in [9.17, 15) is 4.79 Å². The minimum absolute atomic E-state index is 0.224. The van der Waals surface area contributed by atoms with Gasteiger partial charge in [-0.05, 0) is 40.8 Å². The number of nitrogens with one attached hydrogen (secondary N) is 1. The molecule has 17 heavy (non-hydrogen) atoms. The first kappa shape index (κ1) is 12.3. The Morgan fingerprint density at radius 1 is 1.29 bits per heavy atom. The molecule has 0 unspecified atom stereocenters. The molecule has 6 heteroatoms. The van der Waals surface area contributed by atoms with E-state index in [1.807, 2.05) is 12.1 Å². The zero-order valence-corrected chi connectivity index (χ0v) is 11.4. The molecule has 1 heterocycles. The molecule has 0 atom stereocenters. The predicted molar refractivity (Wildman–Crippen MR) is 74.2 cm³/mol. The average Bonchev–Trinajstić information content (AvgIpc) is 2.29. The zero-order chi connectivity index (χ0) is 12.3. The standard InChI is InChI=1S/C11H7ClIN3O/c12-9-5-10(15-6-14-9)16-11(17)7-2-1-3-8(13)4-7/h1-6H,(H,14,15,16,17). The summed E-state index contributed by atoms with van der Waals surface area (Å²) in [6, 6.07) is 8.76. The van der Waals surface area contributed by atoms with Gasteiger partial charge in [-0.2, -0.15) is 0 Å². The first-order chi connectivity index (χ1) is 8.15. The van der Waals surface area contributed by atoms with Crippen LogP contribution in [-0.2, 0) is 0 Å². The van der Waals surface area contributed by atoms with Crippen LogP contribution in [0.15, 0.2) is 36.7 Å². The van der Waals surface area contributed by atoms with Gasteiger partial charge >= 0.3 is 0 Å². The number of amides is 1. The molecule has 0 aliphatic carbocycles. The van der Waals surface area contributed by atoms with Crippen molar-refractivity contribution >= 4 is 45.9 Å². The summed E-state index contributed by atoms with van der Waals surface area (Å²) in [6.07, 6.45) is 1.30.